The number of hydrogen-bond donors (Lipinski definition) is 2. The second-order valence-electron chi connectivity index (χ2n) is 5.29. The molecular weight excluding hydrogens is 350 g/mol. The van der Waals surface area contributed by atoms with Gasteiger partial charge in [0.2, 0.25) is 0 Å². The van der Waals surface area contributed by atoms with E-state index in [4.69, 9.17) is 28.4 Å². The molecule has 0 spiro atoms. The number of alkyl carbamates (subject to hydrolysis) is 1. The van der Waals surface area contributed by atoms with E-state index in [0.717, 1.165) is 0 Å². The molecule has 0 aliphatic heterocycles. The number of ether oxygens (including phenoxy) is 6. The fourth-order valence-electron chi connectivity index (χ4n) is 1.51. The number of hydrogen-bond acceptors (Lipinski definition) is 8. The lowest BCUT2D eigenvalue weighted by molar-refractivity contribution is 0.00340. The van der Waals surface area contributed by atoms with Crippen molar-refractivity contribution in [3.63, 3.8) is 0 Å². The number of rotatable bonds is 17. The van der Waals surface area contributed by atoms with Crippen LogP contribution in [0.5, 0.6) is 0 Å². The van der Waals surface area contributed by atoms with E-state index < -0.39 is 6.09 Å². The van der Waals surface area contributed by atoms with Crippen molar-refractivity contribution in [2.24, 2.45) is 0 Å². The molecule has 0 saturated carbocycles. The maximum absolute atomic E-state index is 11.4. The Morgan fingerprint density at radius 3 is 1.92 bits per heavy atom. The van der Waals surface area contributed by atoms with E-state index >= 15 is 0 Å². The van der Waals surface area contributed by atoms with Crippen LogP contribution in [0.1, 0.15) is 20.8 Å². The van der Waals surface area contributed by atoms with Gasteiger partial charge in [-0.05, 0) is 20.8 Å². The summed E-state index contributed by atoms with van der Waals surface area (Å²) in [6.45, 7) is 10.1. The van der Waals surface area contributed by atoms with E-state index in [0.29, 0.717) is 59.4 Å². The van der Waals surface area contributed by atoms with E-state index in [1.165, 1.54) is 0 Å². The average molecular weight is 384 g/mol. The van der Waals surface area contributed by atoms with Gasteiger partial charge >= 0.3 is 6.09 Å². The molecule has 0 heterocycles. The Hall–Kier alpha value is -0.580. The van der Waals surface area contributed by atoms with E-state index in [-0.39, 0.29) is 18.1 Å². The highest BCUT2D eigenvalue weighted by Gasteiger charge is 2.01. The Kier molecular flexibility index (Phi) is 17.8. The van der Waals surface area contributed by atoms with Crippen molar-refractivity contribution in [3.05, 3.63) is 0 Å². The van der Waals surface area contributed by atoms with Crippen LogP contribution in [0.4, 0.5) is 4.79 Å². The Morgan fingerprint density at radius 2 is 1.32 bits per heavy atom. The molecule has 0 aromatic rings. The summed E-state index contributed by atoms with van der Waals surface area (Å²) in [6.07, 6.45) is -0.290. The van der Waals surface area contributed by atoms with Crippen LogP contribution in [0.3, 0.4) is 0 Å². The van der Waals surface area contributed by atoms with Crippen molar-refractivity contribution in [1.82, 2.24) is 5.32 Å². The van der Waals surface area contributed by atoms with E-state index in [2.05, 4.69) is 17.9 Å². The van der Waals surface area contributed by atoms with E-state index in [9.17, 15) is 4.79 Å². The zero-order chi connectivity index (χ0) is 18.8. The smallest absolute Gasteiger partial charge is 0.407 e. The van der Waals surface area contributed by atoms with Gasteiger partial charge < -0.3 is 33.7 Å². The molecule has 0 bridgehead atoms. The maximum Gasteiger partial charge on any atom is 0.407 e. The van der Waals surface area contributed by atoms with Crippen LogP contribution in [0.15, 0.2) is 0 Å². The van der Waals surface area contributed by atoms with Crippen LogP contribution >= 0.6 is 12.6 Å². The molecular formula is C16H33NO7S. The fraction of sp³-hybridized carbons (Fsp3) is 0.938. The summed E-state index contributed by atoms with van der Waals surface area (Å²) in [5, 5.41) is 2.59. The van der Waals surface area contributed by atoms with Crippen molar-refractivity contribution in [1.29, 1.82) is 0 Å². The van der Waals surface area contributed by atoms with Crippen molar-refractivity contribution >= 4 is 18.7 Å². The Balaban J connectivity index is 3.18. The third-order valence-electron chi connectivity index (χ3n) is 2.61. The molecule has 0 saturated heterocycles. The highest BCUT2D eigenvalue weighted by atomic mass is 32.1. The van der Waals surface area contributed by atoms with Crippen LogP contribution < -0.4 is 5.32 Å². The van der Waals surface area contributed by atoms with Crippen molar-refractivity contribution in [3.8, 4) is 0 Å². The summed E-state index contributed by atoms with van der Waals surface area (Å²) in [6, 6.07) is 0. The van der Waals surface area contributed by atoms with Crippen LogP contribution in [-0.2, 0) is 28.4 Å². The van der Waals surface area contributed by atoms with Crippen LogP contribution in [-0.4, -0.2) is 83.6 Å². The summed E-state index contributed by atoms with van der Waals surface area (Å²) in [5.74, 6) is 0. The molecule has 25 heavy (non-hydrogen) atoms. The van der Waals surface area contributed by atoms with E-state index in [1.807, 2.05) is 20.8 Å². The minimum absolute atomic E-state index is 0.0893. The van der Waals surface area contributed by atoms with E-state index in [1.54, 1.807) is 0 Å². The first-order valence-electron chi connectivity index (χ1n) is 8.57. The maximum atomic E-state index is 11.4. The number of carbonyl (C=O) groups is 1. The first kappa shape index (κ1) is 24.4. The largest absolute Gasteiger partial charge is 0.447 e. The molecule has 0 aliphatic rings. The van der Waals surface area contributed by atoms with Crippen molar-refractivity contribution in [2.75, 3.05) is 66.0 Å². The fourth-order valence-corrected chi connectivity index (χ4v) is 1.62. The molecule has 8 nitrogen and oxygen atoms in total. The second-order valence-corrected chi connectivity index (χ2v) is 6.02. The van der Waals surface area contributed by atoms with Crippen LogP contribution in [0, 0.1) is 0 Å². The SMILES string of the molecule is CC(C)OCCOCCNC(=O)OCCOCCOCCOC(C)S. The lowest BCUT2D eigenvalue weighted by Crippen LogP contribution is -2.29. The predicted octanol–water partition coefficient (Wildman–Crippen LogP) is 1.48. The molecule has 0 radical (unpaired) electrons. The zero-order valence-electron chi connectivity index (χ0n) is 15.5. The molecule has 0 fully saturated rings. The average Bonchev–Trinajstić information content (AvgIpc) is 2.55. The minimum atomic E-state index is -0.486. The topological polar surface area (TPSA) is 84.5 Å². The highest BCUT2D eigenvalue weighted by Crippen LogP contribution is 1.93. The standard InChI is InChI=1S/C16H33NO7S/c1-14(2)22-11-8-19-5-4-17-16(18)24-13-10-21-7-6-20-9-12-23-15(3)25/h14-15,25H,4-13H2,1-3H3,(H,17,18). The zero-order valence-corrected chi connectivity index (χ0v) is 16.4. The lowest BCUT2D eigenvalue weighted by atomic mass is 10.5. The number of carbonyl (C=O) groups excluding carboxylic acids is 1. The summed E-state index contributed by atoms with van der Waals surface area (Å²) in [5.41, 5.74) is -0.0893. The van der Waals surface area contributed by atoms with Gasteiger partial charge in [-0.2, -0.15) is 0 Å². The third-order valence-corrected chi connectivity index (χ3v) is 2.76. The van der Waals surface area contributed by atoms with Crippen LogP contribution in [0.25, 0.3) is 0 Å². The molecule has 9 heteroatoms. The van der Waals surface area contributed by atoms with Crippen molar-refractivity contribution in [2.45, 2.75) is 32.3 Å². The van der Waals surface area contributed by atoms with Crippen LogP contribution in [0.2, 0.25) is 0 Å². The quantitative estimate of drug-likeness (QED) is 0.224. The first-order valence-corrected chi connectivity index (χ1v) is 9.09. The number of nitrogens with one attached hydrogen (secondary N) is 1. The Labute approximate surface area is 156 Å². The van der Waals surface area contributed by atoms with Gasteiger partial charge in [-0.25, -0.2) is 4.79 Å². The van der Waals surface area contributed by atoms with Gasteiger partial charge in [0, 0.05) is 6.54 Å². The first-order chi connectivity index (χ1) is 12.0. The summed E-state index contributed by atoms with van der Waals surface area (Å²) in [7, 11) is 0. The van der Waals surface area contributed by atoms with Gasteiger partial charge in [0.05, 0.1) is 64.4 Å². The molecule has 0 aromatic heterocycles. The van der Waals surface area contributed by atoms with Gasteiger partial charge in [-0.1, -0.05) is 0 Å². The van der Waals surface area contributed by atoms with Crippen molar-refractivity contribution < 1.29 is 33.2 Å². The van der Waals surface area contributed by atoms with Gasteiger partial charge in [0.15, 0.2) is 0 Å². The van der Waals surface area contributed by atoms with Gasteiger partial charge in [0.1, 0.15) is 6.61 Å². The molecule has 1 atom stereocenters. The molecule has 0 aromatic carbocycles. The highest BCUT2D eigenvalue weighted by molar-refractivity contribution is 7.80. The normalized spacial score (nSPS) is 12.4. The molecule has 1 amide bonds. The second kappa shape index (κ2) is 18.2. The summed E-state index contributed by atoms with van der Waals surface area (Å²) in [4.78, 5) is 11.4. The lowest BCUT2D eigenvalue weighted by Gasteiger charge is -2.10. The summed E-state index contributed by atoms with van der Waals surface area (Å²) < 4.78 is 31.3. The summed E-state index contributed by atoms with van der Waals surface area (Å²) >= 11 is 4.08. The van der Waals surface area contributed by atoms with Gasteiger partial charge in [-0.15, -0.1) is 12.6 Å². The van der Waals surface area contributed by atoms with Gasteiger partial charge in [-0.3, -0.25) is 0 Å². The monoisotopic (exact) mass is 383 g/mol. The minimum Gasteiger partial charge on any atom is -0.447 e. The predicted molar refractivity (Wildman–Crippen MR) is 97.3 cm³/mol. The molecule has 1 N–H and O–H groups in total. The number of amides is 1. The molecule has 1 unspecified atom stereocenters. The van der Waals surface area contributed by atoms with Gasteiger partial charge in [0.25, 0.3) is 0 Å². The number of thiol groups is 1. The molecule has 0 aliphatic carbocycles. The third kappa shape index (κ3) is 21.4. The molecule has 150 valence electrons. The Bertz CT molecular complexity index is 306. The Morgan fingerprint density at radius 1 is 0.800 bits per heavy atom. The molecule has 0 rings (SSSR count).